The first kappa shape index (κ1) is 43.6. The summed E-state index contributed by atoms with van der Waals surface area (Å²) in [7, 11) is 0. The normalized spacial score (nSPS) is 20.1. The number of hydrogen-bond donors (Lipinski definition) is 2. The number of aliphatic hydroxyl groups excluding tert-OH is 2. The van der Waals surface area contributed by atoms with Gasteiger partial charge in [-0.3, -0.25) is 0 Å². The van der Waals surface area contributed by atoms with E-state index in [0.717, 1.165) is 35.3 Å². The molecule has 6 aromatic rings. The number of cyclic esters (lactones) is 2. The van der Waals surface area contributed by atoms with E-state index in [1.54, 1.807) is 0 Å². The van der Waals surface area contributed by atoms with Gasteiger partial charge in [-0.05, 0) is 78.6 Å². The van der Waals surface area contributed by atoms with E-state index in [1.165, 1.54) is 16.7 Å². The molecule has 3 heterocycles. The van der Waals surface area contributed by atoms with E-state index in [9.17, 15) is 19.8 Å². The zero-order valence-electron chi connectivity index (χ0n) is 36.8. The topological polar surface area (TPSA) is 99.5 Å². The van der Waals surface area contributed by atoms with Gasteiger partial charge in [0.2, 0.25) is 0 Å². The number of fused-ring (bicyclic) bond motifs is 1. The van der Waals surface area contributed by atoms with Gasteiger partial charge in [0.25, 0.3) is 0 Å². The number of likely N-dealkylation sites (N-methyl/N-ethyl adjacent to an activating group) is 1. The molecular formula is C56H56N2O6. The first-order chi connectivity index (χ1) is 31.0. The SMILES string of the molecule is CC1(C)CN(C2=C(O)CC(CCc3ccccc3)(c3ccccc3)OC2=O)c2ccccc21.CCN(C1=C(O)CC(CCc2ccccc2)(c2ccccc2)OC1=O)c1ccccc1. The third-order valence-corrected chi connectivity index (χ3v) is 12.7. The number of rotatable bonds is 12. The summed E-state index contributed by atoms with van der Waals surface area (Å²) < 4.78 is 12.4. The highest BCUT2D eigenvalue weighted by molar-refractivity contribution is 5.96. The molecule has 2 unspecified atom stereocenters. The molecule has 64 heavy (non-hydrogen) atoms. The van der Waals surface area contributed by atoms with Gasteiger partial charge in [0.15, 0.2) is 11.4 Å². The van der Waals surface area contributed by atoms with Crippen molar-refractivity contribution in [2.24, 2.45) is 0 Å². The lowest BCUT2D eigenvalue weighted by molar-refractivity contribution is -0.162. The van der Waals surface area contributed by atoms with E-state index in [4.69, 9.17) is 9.47 Å². The van der Waals surface area contributed by atoms with Crippen LogP contribution in [0.15, 0.2) is 199 Å². The summed E-state index contributed by atoms with van der Waals surface area (Å²) in [5.74, 6) is -0.802. The number of ether oxygens (including phenoxy) is 2. The highest BCUT2D eigenvalue weighted by Gasteiger charge is 2.48. The Morgan fingerprint density at radius 2 is 1.00 bits per heavy atom. The predicted molar refractivity (Wildman–Crippen MR) is 253 cm³/mol. The minimum atomic E-state index is -0.906. The lowest BCUT2D eigenvalue weighted by Crippen LogP contribution is -2.43. The molecule has 9 rings (SSSR count). The fourth-order valence-electron chi connectivity index (χ4n) is 9.48. The van der Waals surface area contributed by atoms with Crippen molar-refractivity contribution in [1.29, 1.82) is 0 Å². The van der Waals surface area contributed by atoms with Crippen LogP contribution in [-0.2, 0) is 48.5 Å². The van der Waals surface area contributed by atoms with Crippen molar-refractivity contribution >= 4 is 23.3 Å². The summed E-state index contributed by atoms with van der Waals surface area (Å²) in [6.07, 6.45) is 3.15. The maximum absolute atomic E-state index is 13.5. The summed E-state index contributed by atoms with van der Waals surface area (Å²) in [5.41, 5.74) is 5.66. The average molecular weight is 853 g/mol. The molecule has 326 valence electrons. The molecule has 3 aliphatic rings. The van der Waals surface area contributed by atoms with Crippen LogP contribution in [0.2, 0.25) is 0 Å². The average Bonchev–Trinajstić information content (AvgIpc) is 3.59. The molecule has 0 aliphatic carbocycles. The van der Waals surface area contributed by atoms with E-state index in [2.05, 4.69) is 44.2 Å². The van der Waals surface area contributed by atoms with Crippen LogP contribution in [0, 0.1) is 0 Å². The van der Waals surface area contributed by atoms with Crippen molar-refractivity contribution < 1.29 is 29.3 Å². The molecule has 0 amide bonds. The van der Waals surface area contributed by atoms with E-state index >= 15 is 0 Å². The third kappa shape index (κ3) is 9.04. The number of nitrogens with zero attached hydrogens (tertiary/aromatic N) is 2. The van der Waals surface area contributed by atoms with Gasteiger partial charge in [0, 0.05) is 29.9 Å². The molecule has 2 atom stereocenters. The minimum absolute atomic E-state index is 0.0684. The van der Waals surface area contributed by atoms with Crippen molar-refractivity contribution in [3.8, 4) is 0 Å². The number of para-hydroxylation sites is 2. The summed E-state index contributed by atoms with van der Waals surface area (Å²) in [6.45, 7) is 7.43. The quantitative estimate of drug-likeness (QED) is 0.117. The Balaban J connectivity index is 0.000000175. The monoisotopic (exact) mass is 852 g/mol. The van der Waals surface area contributed by atoms with Crippen LogP contribution in [0.4, 0.5) is 11.4 Å². The Hall–Kier alpha value is -7.06. The number of hydrogen-bond acceptors (Lipinski definition) is 8. The van der Waals surface area contributed by atoms with Crippen molar-refractivity contribution in [2.45, 2.75) is 75.9 Å². The highest BCUT2D eigenvalue weighted by Crippen LogP contribution is 2.48. The van der Waals surface area contributed by atoms with Gasteiger partial charge in [-0.15, -0.1) is 0 Å². The highest BCUT2D eigenvalue weighted by atomic mass is 16.6. The lowest BCUT2D eigenvalue weighted by atomic mass is 9.82. The molecule has 3 aliphatic heterocycles. The fourth-order valence-corrected chi connectivity index (χ4v) is 9.48. The van der Waals surface area contributed by atoms with Crippen LogP contribution in [-0.4, -0.2) is 35.2 Å². The van der Waals surface area contributed by atoms with Gasteiger partial charge in [0.05, 0.1) is 12.8 Å². The van der Waals surface area contributed by atoms with Gasteiger partial charge in [0.1, 0.15) is 22.7 Å². The molecule has 0 fully saturated rings. The summed E-state index contributed by atoms with van der Waals surface area (Å²) >= 11 is 0. The Morgan fingerprint density at radius 3 is 1.48 bits per heavy atom. The molecule has 0 spiro atoms. The molecule has 8 heteroatoms. The van der Waals surface area contributed by atoms with Crippen LogP contribution in [0.1, 0.15) is 74.3 Å². The molecule has 0 saturated carbocycles. The van der Waals surface area contributed by atoms with Crippen molar-refractivity contribution in [2.75, 3.05) is 22.9 Å². The number of anilines is 2. The van der Waals surface area contributed by atoms with Crippen LogP contribution < -0.4 is 9.80 Å². The van der Waals surface area contributed by atoms with E-state index in [0.29, 0.717) is 25.9 Å². The number of esters is 2. The number of carbonyl (C=O) groups excluding carboxylic acids is 2. The Bertz CT molecular complexity index is 2610. The van der Waals surface area contributed by atoms with Crippen LogP contribution in [0.25, 0.3) is 0 Å². The summed E-state index contributed by atoms with van der Waals surface area (Å²) in [6, 6.07) is 57.5. The first-order valence-electron chi connectivity index (χ1n) is 22.2. The first-order valence-corrected chi connectivity index (χ1v) is 22.2. The smallest absolute Gasteiger partial charge is 0.359 e. The van der Waals surface area contributed by atoms with Gasteiger partial charge in [-0.1, -0.05) is 172 Å². The zero-order chi connectivity index (χ0) is 44.7. The number of carbonyl (C=O) groups is 2. The van der Waals surface area contributed by atoms with Gasteiger partial charge < -0.3 is 29.5 Å². The molecule has 0 saturated heterocycles. The van der Waals surface area contributed by atoms with Crippen LogP contribution in [0.5, 0.6) is 0 Å². The van der Waals surface area contributed by atoms with E-state index in [-0.39, 0.29) is 41.2 Å². The van der Waals surface area contributed by atoms with Crippen LogP contribution >= 0.6 is 0 Å². The van der Waals surface area contributed by atoms with Gasteiger partial charge >= 0.3 is 11.9 Å². The molecule has 2 N–H and O–H groups in total. The molecular weight excluding hydrogens is 797 g/mol. The van der Waals surface area contributed by atoms with E-state index < -0.39 is 23.1 Å². The largest absolute Gasteiger partial charge is 0.510 e. The number of benzene rings is 6. The van der Waals surface area contributed by atoms with E-state index in [1.807, 2.05) is 162 Å². The third-order valence-electron chi connectivity index (χ3n) is 12.7. The predicted octanol–water partition coefficient (Wildman–Crippen LogP) is 11.8. The van der Waals surface area contributed by atoms with Crippen molar-refractivity contribution in [3.63, 3.8) is 0 Å². The lowest BCUT2D eigenvalue weighted by Gasteiger charge is -2.40. The number of aryl methyl sites for hydroxylation is 2. The second kappa shape index (κ2) is 18.7. The van der Waals surface area contributed by atoms with Gasteiger partial charge in [-0.25, -0.2) is 9.59 Å². The summed E-state index contributed by atoms with van der Waals surface area (Å²) in [5, 5.41) is 22.5. The Kier molecular flexibility index (Phi) is 12.8. The standard InChI is InChI=1S/C29H29NO3.C27H27NO3/c1-28(2)20-30(24-16-10-9-15-23(24)28)26-25(31)19-29(33-27(26)32,22-13-7-4-8-14-22)18-17-21-11-5-3-6-12-21;1-2-28(23-16-10-5-11-17-23)25-24(29)20-27(31-26(25)30,22-14-8-4-9-15-22)19-18-21-12-6-3-7-13-21/h3-16,31H,17-20H2,1-2H3;3-17,29H,2,18-20H2,1H3. The molecule has 0 aromatic heterocycles. The van der Waals surface area contributed by atoms with Crippen molar-refractivity contribution in [1.82, 2.24) is 0 Å². The fraction of sp³-hybridized carbons (Fsp3) is 0.250. The number of aliphatic hydroxyl groups is 2. The maximum Gasteiger partial charge on any atom is 0.359 e. The Labute approximate surface area is 376 Å². The molecule has 8 nitrogen and oxygen atoms in total. The second-order valence-electron chi connectivity index (χ2n) is 17.5. The van der Waals surface area contributed by atoms with Gasteiger partial charge in [-0.2, -0.15) is 0 Å². The molecule has 0 bridgehead atoms. The molecule has 0 radical (unpaired) electrons. The summed E-state index contributed by atoms with van der Waals surface area (Å²) in [4.78, 5) is 30.6. The second-order valence-corrected chi connectivity index (χ2v) is 17.5. The molecule has 6 aromatic carbocycles. The van der Waals surface area contributed by atoms with Crippen molar-refractivity contribution in [3.05, 3.63) is 227 Å². The van der Waals surface area contributed by atoms with Crippen LogP contribution in [0.3, 0.4) is 0 Å². The zero-order valence-corrected chi connectivity index (χ0v) is 36.8. The minimum Gasteiger partial charge on any atom is -0.510 e. The maximum atomic E-state index is 13.5. The Morgan fingerprint density at radius 1 is 0.562 bits per heavy atom.